The summed E-state index contributed by atoms with van der Waals surface area (Å²) in [6.45, 7) is 6.24. The van der Waals surface area contributed by atoms with Crippen molar-refractivity contribution in [3.05, 3.63) is 46.1 Å². The van der Waals surface area contributed by atoms with E-state index in [0.717, 1.165) is 22.8 Å². The van der Waals surface area contributed by atoms with E-state index >= 15 is 0 Å². The summed E-state index contributed by atoms with van der Waals surface area (Å²) < 4.78 is 5.36. The lowest BCUT2D eigenvalue weighted by Gasteiger charge is -2.18. The molecule has 0 saturated heterocycles. The molecule has 0 aromatic carbocycles. The number of hydrogen-bond donors (Lipinski definition) is 0. The second-order valence-electron chi connectivity index (χ2n) is 6.11. The van der Waals surface area contributed by atoms with Crippen molar-refractivity contribution < 1.29 is 9.32 Å². The lowest BCUT2D eigenvalue weighted by Crippen LogP contribution is -2.27. The highest BCUT2D eigenvalue weighted by atomic mass is 32.1. The quantitative estimate of drug-likeness (QED) is 0.696. The summed E-state index contributed by atoms with van der Waals surface area (Å²) in [5.74, 6) is 1.36. The average molecular weight is 357 g/mol. The van der Waals surface area contributed by atoms with Crippen LogP contribution >= 0.6 is 11.3 Å². The molecule has 0 unspecified atom stereocenters. The first-order valence-corrected chi connectivity index (χ1v) is 8.83. The van der Waals surface area contributed by atoms with Gasteiger partial charge in [-0.05, 0) is 6.92 Å². The Kier molecular flexibility index (Phi) is 4.89. The first-order chi connectivity index (χ1) is 12.0. The van der Waals surface area contributed by atoms with Crippen LogP contribution in [0.15, 0.2) is 27.7 Å². The minimum Gasteiger partial charge on any atom is -0.356 e. The normalized spacial score (nSPS) is 11.1. The van der Waals surface area contributed by atoms with E-state index in [4.69, 9.17) is 4.52 Å². The predicted molar refractivity (Wildman–Crippen MR) is 94.3 cm³/mol. The molecule has 7 nitrogen and oxygen atoms in total. The minimum atomic E-state index is -0.148. The van der Waals surface area contributed by atoms with E-state index < -0.39 is 0 Å². The van der Waals surface area contributed by atoms with Crippen LogP contribution in [-0.2, 0) is 6.54 Å². The molecule has 3 heterocycles. The summed E-state index contributed by atoms with van der Waals surface area (Å²) in [7, 11) is 1.73. The number of carbonyl (C=O) groups is 1. The van der Waals surface area contributed by atoms with Gasteiger partial charge in [0.05, 0.1) is 29.0 Å². The van der Waals surface area contributed by atoms with E-state index in [2.05, 4.69) is 20.1 Å². The Morgan fingerprint density at radius 2 is 2.16 bits per heavy atom. The van der Waals surface area contributed by atoms with E-state index in [1.807, 2.05) is 26.8 Å². The molecule has 130 valence electrons. The average Bonchev–Trinajstić information content (AvgIpc) is 3.25. The zero-order valence-electron chi connectivity index (χ0n) is 14.6. The van der Waals surface area contributed by atoms with Gasteiger partial charge in [-0.15, -0.1) is 11.3 Å². The Morgan fingerprint density at radius 1 is 1.36 bits per heavy atom. The fourth-order valence-electron chi connectivity index (χ4n) is 2.34. The molecule has 0 bridgehead atoms. The van der Waals surface area contributed by atoms with Crippen LogP contribution in [-0.4, -0.2) is 38.0 Å². The zero-order valence-corrected chi connectivity index (χ0v) is 15.4. The van der Waals surface area contributed by atoms with Crippen molar-refractivity contribution in [2.75, 3.05) is 7.05 Å². The van der Waals surface area contributed by atoms with Crippen LogP contribution in [0.2, 0.25) is 0 Å². The van der Waals surface area contributed by atoms with Gasteiger partial charge < -0.3 is 9.42 Å². The van der Waals surface area contributed by atoms with Crippen molar-refractivity contribution in [1.82, 2.24) is 25.0 Å². The number of thiazole rings is 1. The number of rotatable bonds is 5. The summed E-state index contributed by atoms with van der Waals surface area (Å²) in [5, 5.41) is 5.66. The van der Waals surface area contributed by atoms with E-state index in [1.54, 1.807) is 29.0 Å². The minimum absolute atomic E-state index is 0.148. The lowest BCUT2D eigenvalue weighted by molar-refractivity contribution is 0.0778. The maximum Gasteiger partial charge on any atom is 0.273 e. The number of carbonyl (C=O) groups excluding carboxylic acids is 1. The van der Waals surface area contributed by atoms with Crippen molar-refractivity contribution in [2.45, 2.75) is 33.2 Å². The third kappa shape index (κ3) is 3.74. The van der Waals surface area contributed by atoms with Gasteiger partial charge in [-0.1, -0.05) is 19.0 Å². The molecule has 3 aromatic rings. The van der Waals surface area contributed by atoms with Gasteiger partial charge in [0.2, 0.25) is 0 Å². The van der Waals surface area contributed by atoms with Crippen molar-refractivity contribution in [2.24, 2.45) is 0 Å². The SMILES string of the molecule is Cc1cc(-c2cnc(C(C)C)nc2CN(C)C(=O)c2cscn2)on1. The smallest absolute Gasteiger partial charge is 0.273 e. The first kappa shape index (κ1) is 17.2. The molecule has 0 spiro atoms. The molecule has 0 aliphatic heterocycles. The monoisotopic (exact) mass is 357 g/mol. The first-order valence-electron chi connectivity index (χ1n) is 7.89. The largest absolute Gasteiger partial charge is 0.356 e. The second kappa shape index (κ2) is 7.10. The molecule has 0 aliphatic carbocycles. The molecule has 1 amide bonds. The van der Waals surface area contributed by atoms with Crippen molar-refractivity contribution in [3.8, 4) is 11.3 Å². The van der Waals surface area contributed by atoms with Crippen LogP contribution < -0.4 is 0 Å². The molecule has 0 atom stereocenters. The number of aromatic nitrogens is 4. The van der Waals surface area contributed by atoms with Gasteiger partial charge in [-0.25, -0.2) is 15.0 Å². The molecule has 0 aliphatic rings. The molecule has 3 rings (SSSR count). The van der Waals surface area contributed by atoms with Gasteiger partial charge in [0, 0.05) is 30.6 Å². The molecule has 25 heavy (non-hydrogen) atoms. The maximum absolute atomic E-state index is 12.5. The van der Waals surface area contributed by atoms with Crippen LogP contribution in [0.25, 0.3) is 11.3 Å². The van der Waals surface area contributed by atoms with E-state index in [9.17, 15) is 4.79 Å². The summed E-state index contributed by atoms with van der Waals surface area (Å²) in [5.41, 5.74) is 4.32. The molecule has 0 saturated carbocycles. The Balaban J connectivity index is 1.94. The van der Waals surface area contributed by atoms with E-state index in [-0.39, 0.29) is 11.8 Å². The van der Waals surface area contributed by atoms with E-state index in [1.165, 1.54) is 11.3 Å². The lowest BCUT2D eigenvalue weighted by atomic mass is 10.1. The summed E-state index contributed by atoms with van der Waals surface area (Å²) >= 11 is 1.39. The van der Waals surface area contributed by atoms with Crippen molar-refractivity contribution in [1.29, 1.82) is 0 Å². The number of nitrogens with zero attached hydrogens (tertiary/aromatic N) is 5. The number of hydrogen-bond acceptors (Lipinski definition) is 7. The Hall–Kier alpha value is -2.61. The van der Waals surface area contributed by atoms with Gasteiger partial charge in [0.1, 0.15) is 11.5 Å². The third-order valence-electron chi connectivity index (χ3n) is 3.68. The van der Waals surface area contributed by atoms with Gasteiger partial charge in [-0.2, -0.15) is 0 Å². The maximum atomic E-state index is 12.5. The second-order valence-corrected chi connectivity index (χ2v) is 6.83. The van der Waals surface area contributed by atoms with Crippen LogP contribution in [0.4, 0.5) is 0 Å². The highest BCUT2D eigenvalue weighted by Gasteiger charge is 2.20. The fourth-order valence-corrected chi connectivity index (χ4v) is 2.86. The molecule has 0 radical (unpaired) electrons. The Morgan fingerprint density at radius 3 is 2.76 bits per heavy atom. The van der Waals surface area contributed by atoms with Gasteiger partial charge in [0.25, 0.3) is 5.91 Å². The molecule has 0 fully saturated rings. The molecule has 8 heteroatoms. The van der Waals surface area contributed by atoms with Crippen LogP contribution in [0.1, 0.15) is 47.5 Å². The zero-order chi connectivity index (χ0) is 18.0. The predicted octanol–water partition coefficient (Wildman–Crippen LogP) is 3.29. The third-order valence-corrected chi connectivity index (χ3v) is 4.27. The number of aryl methyl sites for hydroxylation is 1. The van der Waals surface area contributed by atoms with Crippen molar-refractivity contribution in [3.63, 3.8) is 0 Å². The highest BCUT2D eigenvalue weighted by Crippen LogP contribution is 2.25. The van der Waals surface area contributed by atoms with Gasteiger partial charge in [0.15, 0.2) is 5.76 Å². The van der Waals surface area contributed by atoms with Crippen LogP contribution in [0.5, 0.6) is 0 Å². The molecule has 3 aromatic heterocycles. The summed E-state index contributed by atoms with van der Waals surface area (Å²) in [6, 6.07) is 1.83. The van der Waals surface area contributed by atoms with Crippen LogP contribution in [0, 0.1) is 6.92 Å². The Bertz CT molecular complexity index is 873. The van der Waals surface area contributed by atoms with Crippen molar-refractivity contribution >= 4 is 17.2 Å². The summed E-state index contributed by atoms with van der Waals surface area (Å²) in [4.78, 5) is 27.2. The molecular formula is C17H19N5O2S. The number of amides is 1. The molecule has 0 N–H and O–H groups in total. The van der Waals surface area contributed by atoms with Crippen LogP contribution in [0.3, 0.4) is 0 Å². The summed E-state index contributed by atoms with van der Waals surface area (Å²) in [6.07, 6.45) is 1.73. The van der Waals surface area contributed by atoms with Gasteiger partial charge >= 0.3 is 0 Å². The highest BCUT2D eigenvalue weighted by molar-refractivity contribution is 7.07. The topological polar surface area (TPSA) is 85.0 Å². The van der Waals surface area contributed by atoms with Gasteiger partial charge in [-0.3, -0.25) is 4.79 Å². The Labute approximate surface area is 149 Å². The standard InChI is InChI=1S/C17H19N5O2S/c1-10(2)16-18-6-12(15-5-11(3)21-24-15)13(20-16)7-22(4)17(23)14-8-25-9-19-14/h5-6,8-10H,7H2,1-4H3. The fraction of sp³-hybridized carbons (Fsp3) is 0.353. The molecular weight excluding hydrogens is 338 g/mol. The van der Waals surface area contributed by atoms with E-state index in [0.29, 0.717) is 18.0 Å².